The number of anilines is 1. The van der Waals surface area contributed by atoms with Gasteiger partial charge < -0.3 is 15.5 Å². The van der Waals surface area contributed by atoms with Gasteiger partial charge in [-0.25, -0.2) is 8.42 Å². The van der Waals surface area contributed by atoms with Gasteiger partial charge in [0.1, 0.15) is 20.9 Å². The Bertz CT molecular complexity index is 1130. The Hall–Kier alpha value is -2.50. The Balaban J connectivity index is 1.48. The minimum absolute atomic E-state index is 0.102. The monoisotopic (exact) mass is 407 g/mol. The number of fused-ring (bicyclic) bond motifs is 1. The number of amides is 1. The first kappa shape index (κ1) is 17.9. The first-order valence-corrected chi connectivity index (χ1v) is 10.4. The summed E-state index contributed by atoms with van der Waals surface area (Å²) < 4.78 is 30.8. The van der Waals surface area contributed by atoms with E-state index in [1.807, 2.05) is 13.8 Å². The van der Waals surface area contributed by atoms with Crippen LogP contribution in [0, 0.1) is 13.8 Å². The largest absolute Gasteiger partial charge is 0.471 e. The molecule has 1 amide bonds. The maximum Gasteiger partial charge on any atom is 0.263 e. The average molecular weight is 407 g/mol. The van der Waals surface area contributed by atoms with Crippen molar-refractivity contribution in [3.05, 3.63) is 34.7 Å². The van der Waals surface area contributed by atoms with E-state index in [4.69, 9.17) is 10.2 Å². The first-order chi connectivity index (χ1) is 12.8. The van der Waals surface area contributed by atoms with Crippen molar-refractivity contribution in [3.63, 3.8) is 0 Å². The van der Waals surface area contributed by atoms with Crippen molar-refractivity contribution >= 4 is 43.2 Å². The fraction of sp³-hybridized carbons (Fsp3) is 0.312. The van der Waals surface area contributed by atoms with Gasteiger partial charge in [-0.05, 0) is 25.5 Å². The minimum atomic E-state index is -3.58. The Kier molecular flexibility index (Phi) is 4.17. The number of rotatable bonds is 4. The molecule has 11 heteroatoms. The van der Waals surface area contributed by atoms with Gasteiger partial charge in [0.05, 0.1) is 23.7 Å². The molecule has 4 rings (SSSR count). The second-order valence-electron chi connectivity index (χ2n) is 6.39. The van der Waals surface area contributed by atoms with Crippen LogP contribution in [0.5, 0.6) is 0 Å². The summed E-state index contributed by atoms with van der Waals surface area (Å²) in [6.45, 7) is 4.12. The zero-order valence-corrected chi connectivity index (χ0v) is 16.2. The Morgan fingerprint density at radius 2 is 2.11 bits per heavy atom. The molecule has 0 radical (unpaired) electrons. The number of carbonyl (C=O) groups is 1. The van der Waals surface area contributed by atoms with Crippen LogP contribution in [0.2, 0.25) is 0 Å². The van der Waals surface area contributed by atoms with Crippen LogP contribution in [0.4, 0.5) is 5.69 Å². The molecule has 4 heterocycles. The van der Waals surface area contributed by atoms with Gasteiger partial charge in [-0.15, -0.1) is 16.4 Å². The fourth-order valence-electron chi connectivity index (χ4n) is 2.93. The standard InChI is InChI=1S/C16H17N5O4S2/c1-8-9(2)19-20-16-12(8)13(17)14(26-16)15(22)18-10-5-21(6-10)27(23,24)11-3-4-25-7-11/h3-4,7,10H,5-6,17H2,1-2H3,(H,18,22). The van der Waals surface area contributed by atoms with Crippen molar-refractivity contribution in [2.75, 3.05) is 18.8 Å². The van der Waals surface area contributed by atoms with Crippen LogP contribution in [-0.4, -0.2) is 48.0 Å². The summed E-state index contributed by atoms with van der Waals surface area (Å²) in [5.74, 6) is -0.335. The molecule has 1 saturated heterocycles. The summed E-state index contributed by atoms with van der Waals surface area (Å²) in [4.78, 5) is 13.7. The van der Waals surface area contributed by atoms with E-state index < -0.39 is 10.0 Å². The molecule has 3 N–H and O–H groups in total. The number of hydrogen-bond acceptors (Lipinski definition) is 8. The molecular weight excluding hydrogens is 390 g/mol. The molecule has 27 heavy (non-hydrogen) atoms. The van der Waals surface area contributed by atoms with Crippen LogP contribution in [-0.2, 0) is 10.0 Å². The number of aryl methyl sites for hydroxylation is 2. The highest BCUT2D eigenvalue weighted by atomic mass is 32.2. The molecule has 1 aliphatic heterocycles. The SMILES string of the molecule is Cc1nnc2sc(C(=O)NC3CN(S(=O)(=O)c4ccoc4)C3)c(N)c2c1C. The number of nitrogens with zero attached hydrogens (tertiary/aromatic N) is 3. The lowest BCUT2D eigenvalue weighted by atomic mass is 10.1. The smallest absolute Gasteiger partial charge is 0.263 e. The van der Waals surface area contributed by atoms with Crippen LogP contribution in [0.25, 0.3) is 10.2 Å². The van der Waals surface area contributed by atoms with Gasteiger partial charge in [-0.1, -0.05) is 0 Å². The highest BCUT2D eigenvalue weighted by molar-refractivity contribution is 7.89. The summed E-state index contributed by atoms with van der Waals surface area (Å²) in [6.07, 6.45) is 2.49. The lowest BCUT2D eigenvalue weighted by Gasteiger charge is -2.37. The van der Waals surface area contributed by atoms with Crippen LogP contribution >= 0.6 is 11.3 Å². The number of aromatic nitrogens is 2. The molecule has 1 aliphatic rings. The predicted octanol–water partition coefficient (Wildman–Crippen LogP) is 1.29. The van der Waals surface area contributed by atoms with E-state index >= 15 is 0 Å². The van der Waals surface area contributed by atoms with E-state index in [0.717, 1.165) is 16.6 Å². The van der Waals surface area contributed by atoms with Gasteiger partial charge in [0.25, 0.3) is 5.91 Å². The molecule has 3 aromatic heterocycles. The van der Waals surface area contributed by atoms with Gasteiger partial charge in [-0.3, -0.25) is 4.79 Å². The number of carbonyl (C=O) groups excluding carboxylic acids is 1. The average Bonchev–Trinajstić information content (AvgIpc) is 3.22. The predicted molar refractivity (Wildman–Crippen MR) is 100 cm³/mol. The number of sulfonamides is 1. The number of nitrogen functional groups attached to an aromatic ring is 1. The van der Waals surface area contributed by atoms with Crippen LogP contribution in [0.3, 0.4) is 0 Å². The molecule has 142 valence electrons. The van der Waals surface area contributed by atoms with Gasteiger partial charge in [-0.2, -0.15) is 9.40 Å². The number of hydrogen-bond donors (Lipinski definition) is 2. The maximum atomic E-state index is 12.6. The summed E-state index contributed by atoms with van der Waals surface area (Å²) in [5, 5.41) is 11.7. The molecule has 9 nitrogen and oxygen atoms in total. The third kappa shape index (κ3) is 2.87. The van der Waals surface area contributed by atoms with Crippen molar-refractivity contribution < 1.29 is 17.6 Å². The van der Waals surface area contributed by atoms with E-state index in [9.17, 15) is 13.2 Å². The normalized spacial score (nSPS) is 15.8. The quantitative estimate of drug-likeness (QED) is 0.666. The Morgan fingerprint density at radius 1 is 1.37 bits per heavy atom. The minimum Gasteiger partial charge on any atom is -0.471 e. The molecule has 0 bridgehead atoms. The lowest BCUT2D eigenvalue weighted by molar-refractivity contribution is 0.0900. The number of nitrogens with two attached hydrogens (primary N) is 1. The number of nitrogens with one attached hydrogen (secondary N) is 1. The summed E-state index contributed by atoms with van der Waals surface area (Å²) in [7, 11) is -3.58. The third-order valence-corrected chi connectivity index (χ3v) is 7.55. The second kappa shape index (κ2) is 6.29. The van der Waals surface area contributed by atoms with Gasteiger partial charge in [0.15, 0.2) is 0 Å². The first-order valence-electron chi connectivity index (χ1n) is 8.14. The summed E-state index contributed by atoms with van der Waals surface area (Å²) in [6, 6.07) is 1.11. The highest BCUT2D eigenvalue weighted by Gasteiger charge is 2.38. The van der Waals surface area contributed by atoms with Gasteiger partial charge in [0.2, 0.25) is 10.0 Å². The van der Waals surface area contributed by atoms with E-state index in [2.05, 4.69) is 15.5 Å². The second-order valence-corrected chi connectivity index (χ2v) is 9.32. The van der Waals surface area contributed by atoms with Crippen molar-refractivity contribution in [3.8, 4) is 0 Å². The highest BCUT2D eigenvalue weighted by Crippen LogP contribution is 2.35. The van der Waals surface area contributed by atoms with Crippen molar-refractivity contribution in [1.29, 1.82) is 0 Å². The van der Waals surface area contributed by atoms with E-state index in [0.29, 0.717) is 15.4 Å². The molecule has 0 spiro atoms. The van der Waals surface area contributed by atoms with Crippen molar-refractivity contribution in [1.82, 2.24) is 19.8 Å². The Morgan fingerprint density at radius 3 is 2.78 bits per heavy atom. The van der Waals surface area contributed by atoms with Crippen molar-refractivity contribution in [2.24, 2.45) is 0 Å². The lowest BCUT2D eigenvalue weighted by Crippen LogP contribution is -2.60. The molecule has 0 atom stereocenters. The Labute approximate surface area is 159 Å². The number of furan rings is 1. The molecule has 1 fully saturated rings. The fourth-order valence-corrected chi connectivity index (χ4v) is 5.39. The zero-order chi connectivity index (χ0) is 19.3. The van der Waals surface area contributed by atoms with Gasteiger partial charge >= 0.3 is 0 Å². The molecular formula is C16H17N5O4S2. The summed E-state index contributed by atoms with van der Waals surface area (Å²) >= 11 is 1.18. The van der Waals surface area contributed by atoms with E-state index in [1.165, 1.54) is 34.2 Å². The molecule has 0 aromatic carbocycles. The van der Waals surface area contributed by atoms with Crippen LogP contribution in [0.15, 0.2) is 27.9 Å². The maximum absolute atomic E-state index is 12.6. The molecule has 3 aromatic rings. The molecule has 0 saturated carbocycles. The molecule has 0 unspecified atom stereocenters. The zero-order valence-electron chi connectivity index (χ0n) is 14.6. The topological polar surface area (TPSA) is 131 Å². The van der Waals surface area contributed by atoms with Crippen LogP contribution < -0.4 is 11.1 Å². The van der Waals surface area contributed by atoms with E-state index in [1.54, 1.807) is 0 Å². The molecule has 0 aliphatic carbocycles. The third-order valence-electron chi connectivity index (χ3n) is 4.66. The van der Waals surface area contributed by atoms with Crippen molar-refractivity contribution in [2.45, 2.75) is 24.8 Å². The van der Waals surface area contributed by atoms with Crippen LogP contribution in [0.1, 0.15) is 20.9 Å². The van der Waals surface area contributed by atoms with Gasteiger partial charge in [0, 0.05) is 18.5 Å². The van der Waals surface area contributed by atoms with E-state index in [-0.39, 0.29) is 29.9 Å². The summed E-state index contributed by atoms with van der Waals surface area (Å²) in [5.41, 5.74) is 8.21. The number of thiophene rings is 1.